The second-order valence-corrected chi connectivity index (χ2v) is 6.66. The van der Waals surface area contributed by atoms with Gasteiger partial charge in [-0.3, -0.25) is 0 Å². The molecule has 2 aromatic rings. The third kappa shape index (κ3) is 2.63. The van der Waals surface area contributed by atoms with Crippen molar-refractivity contribution in [3.63, 3.8) is 0 Å². The third-order valence-electron chi connectivity index (χ3n) is 4.15. The van der Waals surface area contributed by atoms with Gasteiger partial charge in [0.05, 0.1) is 6.26 Å². The first-order valence-corrected chi connectivity index (χ1v) is 7.48. The molecule has 1 heterocycles. The smallest absolute Gasteiger partial charge is 0.105 e. The fourth-order valence-electron chi connectivity index (χ4n) is 3.19. The molecule has 3 heteroatoms. The van der Waals surface area contributed by atoms with Gasteiger partial charge >= 0.3 is 0 Å². The SMILES string of the molecule is CC1(C)Cc2ccc(Cl)cc2C1NCCc1ccco1. The lowest BCUT2D eigenvalue weighted by atomic mass is 9.85. The normalized spacial score (nSPS) is 20.1. The summed E-state index contributed by atoms with van der Waals surface area (Å²) in [7, 11) is 0. The molecule has 20 heavy (non-hydrogen) atoms. The first-order valence-electron chi connectivity index (χ1n) is 7.10. The first kappa shape index (κ1) is 13.7. The van der Waals surface area contributed by atoms with E-state index in [1.165, 1.54) is 11.1 Å². The number of nitrogens with one attached hydrogen (secondary N) is 1. The van der Waals surface area contributed by atoms with Gasteiger partial charge in [-0.05, 0) is 47.2 Å². The van der Waals surface area contributed by atoms with Crippen molar-refractivity contribution in [2.24, 2.45) is 5.41 Å². The van der Waals surface area contributed by atoms with Gasteiger partial charge in [-0.25, -0.2) is 0 Å². The molecule has 0 fully saturated rings. The van der Waals surface area contributed by atoms with E-state index < -0.39 is 0 Å². The Morgan fingerprint density at radius 2 is 2.20 bits per heavy atom. The molecular formula is C17H20ClNO. The number of halogens is 1. The Morgan fingerprint density at radius 1 is 1.35 bits per heavy atom. The molecule has 1 N–H and O–H groups in total. The molecule has 0 amide bonds. The fraction of sp³-hybridized carbons (Fsp3) is 0.412. The van der Waals surface area contributed by atoms with Gasteiger partial charge in [-0.2, -0.15) is 0 Å². The van der Waals surface area contributed by atoms with Crippen LogP contribution in [-0.4, -0.2) is 6.54 Å². The molecule has 1 unspecified atom stereocenters. The van der Waals surface area contributed by atoms with E-state index in [1.807, 2.05) is 18.2 Å². The van der Waals surface area contributed by atoms with Gasteiger partial charge in [0.15, 0.2) is 0 Å². The summed E-state index contributed by atoms with van der Waals surface area (Å²) >= 11 is 6.15. The number of benzene rings is 1. The Balaban J connectivity index is 1.73. The Bertz CT molecular complexity index is 589. The number of hydrogen-bond donors (Lipinski definition) is 1. The zero-order valence-corrected chi connectivity index (χ0v) is 12.7. The van der Waals surface area contributed by atoms with E-state index in [0.29, 0.717) is 6.04 Å². The van der Waals surface area contributed by atoms with Crippen LogP contribution < -0.4 is 5.32 Å². The molecule has 0 bridgehead atoms. The minimum Gasteiger partial charge on any atom is -0.469 e. The van der Waals surface area contributed by atoms with Crippen molar-refractivity contribution in [1.29, 1.82) is 0 Å². The van der Waals surface area contributed by atoms with Gasteiger partial charge in [0.1, 0.15) is 5.76 Å². The summed E-state index contributed by atoms with van der Waals surface area (Å²) in [6, 6.07) is 10.6. The van der Waals surface area contributed by atoms with Gasteiger partial charge < -0.3 is 9.73 Å². The van der Waals surface area contributed by atoms with Crippen molar-refractivity contribution in [2.45, 2.75) is 32.7 Å². The maximum Gasteiger partial charge on any atom is 0.105 e. The Kier molecular flexibility index (Phi) is 3.61. The monoisotopic (exact) mass is 289 g/mol. The van der Waals surface area contributed by atoms with E-state index in [1.54, 1.807) is 6.26 Å². The highest BCUT2D eigenvalue weighted by molar-refractivity contribution is 6.30. The summed E-state index contributed by atoms with van der Waals surface area (Å²) in [6.45, 7) is 5.53. The molecule has 1 aromatic heterocycles. The first-order chi connectivity index (χ1) is 9.56. The van der Waals surface area contributed by atoms with Gasteiger partial charge in [0, 0.05) is 24.0 Å². The number of rotatable bonds is 4. The van der Waals surface area contributed by atoms with Crippen molar-refractivity contribution in [2.75, 3.05) is 6.54 Å². The van der Waals surface area contributed by atoms with Gasteiger partial charge in [0.25, 0.3) is 0 Å². The second kappa shape index (κ2) is 5.27. The lowest BCUT2D eigenvalue weighted by Crippen LogP contribution is -2.32. The van der Waals surface area contributed by atoms with E-state index in [-0.39, 0.29) is 5.41 Å². The minimum absolute atomic E-state index is 0.218. The van der Waals surface area contributed by atoms with Crippen LogP contribution >= 0.6 is 11.6 Å². The summed E-state index contributed by atoms with van der Waals surface area (Å²) in [5.41, 5.74) is 2.98. The average Bonchev–Trinajstić information content (AvgIpc) is 2.97. The van der Waals surface area contributed by atoms with Crippen LogP contribution in [0.4, 0.5) is 0 Å². The Labute approximate surface area is 125 Å². The average molecular weight is 290 g/mol. The summed E-state index contributed by atoms with van der Waals surface area (Å²) in [5.74, 6) is 1.03. The zero-order chi connectivity index (χ0) is 14.2. The highest BCUT2D eigenvalue weighted by Gasteiger charge is 2.38. The molecule has 0 saturated carbocycles. The molecule has 2 nitrogen and oxygen atoms in total. The van der Waals surface area contributed by atoms with Crippen LogP contribution in [0.25, 0.3) is 0 Å². The minimum atomic E-state index is 0.218. The number of fused-ring (bicyclic) bond motifs is 1. The maximum absolute atomic E-state index is 6.15. The van der Waals surface area contributed by atoms with Crippen molar-refractivity contribution < 1.29 is 4.42 Å². The topological polar surface area (TPSA) is 25.2 Å². The zero-order valence-electron chi connectivity index (χ0n) is 11.9. The lowest BCUT2D eigenvalue weighted by molar-refractivity contribution is 0.269. The van der Waals surface area contributed by atoms with Crippen LogP contribution in [0.2, 0.25) is 5.02 Å². The van der Waals surface area contributed by atoms with Crippen LogP contribution in [0.15, 0.2) is 41.0 Å². The van der Waals surface area contributed by atoms with Gasteiger partial charge in [-0.15, -0.1) is 0 Å². The van der Waals surface area contributed by atoms with Crippen LogP contribution in [-0.2, 0) is 12.8 Å². The molecule has 1 aliphatic rings. The molecule has 0 spiro atoms. The molecule has 1 atom stereocenters. The molecular weight excluding hydrogens is 270 g/mol. The summed E-state index contributed by atoms with van der Waals surface area (Å²) in [5, 5.41) is 4.49. The van der Waals surface area contributed by atoms with E-state index in [4.69, 9.17) is 16.0 Å². The maximum atomic E-state index is 6.15. The Hall–Kier alpha value is -1.25. The standard InChI is InChI=1S/C17H20ClNO/c1-17(2)11-12-5-6-13(18)10-15(12)16(17)19-8-7-14-4-3-9-20-14/h3-6,9-10,16,19H,7-8,11H2,1-2H3. The molecule has 0 saturated heterocycles. The quantitative estimate of drug-likeness (QED) is 0.903. The van der Waals surface area contributed by atoms with E-state index in [0.717, 1.165) is 30.2 Å². The number of hydrogen-bond acceptors (Lipinski definition) is 2. The highest BCUT2D eigenvalue weighted by atomic mass is 35.5. The molecule has 3 rings (SSSR count). The van der Waals surface area contributed by atoms with Crippen LogP contribution in [0.5, 0.6) is 0 Å². The van der Waals surface area contributed by atoms with Crippen molar-refractivity contribution in [3.05, 3.63) is 58.5 Å². The largest absolute Gasteiger partial charge is 0.469 e. The number of furan rings is 1. The van der Waals surface area contributed by atoms with E-state index >= 15 is 0 Å². The van der Waals surface area contributed by atoms with Crippen molar-refractivity contribution in [3.8, 4) is 0 Å². The van der Waals surface area contributed by atoms with Crippen LogP contribution in [0, 0.1) is 5.41 Å². The van der Waals surface area contributed by atoms with Crippen molar-refractivity contribution >= 4 is 11.6 Å². The van der Waals surface area contributed by atoms with Crippen LogP contribution in [0.1, 0.15) is 36.8 Å². The van der Waals surface area contributed by atoms with Gasteiger partial charge in [-0.1, -0.05) is 31.5 Å². The molecule has 0 aliphatic heterocycles. The van der Waals surface area contributed by atoms with Gasteiger partial charge in [0.2, 0.25) is 0 Å². The fourth-order valence-corrected chi connectivity index (χ4v) is 3.37. The van der Waals surface area contributed by atoms with E-state index in [9.17, 15) is 0 Å². The van der Waals surface area contributed by atoms with E-state index in [2.05, 4.69) is 31.3 Å². The summed E-state index contributed by atoms with van der Waals surface area (Å²) in [6.07, 6.45) is 3.73. The highest BCUT2D eigenvalue weighted by Crippen LogP contribution is 2.45. The Morgan fingerprint density at radius 3 is 2.95 bits per heavy atom. The molecule has 106 valence electrons. The van der Waals surface area contributed by atoms with Crippen molar-refractivity contribution in [1.82, 2.24) is 5.32 Å². The lowest BCUT2D eigenvalue weighted by Gasteiger charge is -2.28. The summed E-state index contributed by atoms with van der Waals surface area (Å²) in [4.78, 5) is 0. The summed E-state index contributed by atoms with van der Waals surface area (Å²) < 4.78 is 5.38. The van der Waals surface area contributed by atoms with Crippen LogP contribution in [0.3, 0.4) is 0 Å². The predicted molar refractivity (Wildman–Crippen MR) is 82.1 cm³/mol. The molecule has 1 aromatic carbocycles. The molecule has 1 aliphatic carbocycles. The predicted octanol–water partition coefficient (Wildman–Crippen LogP) is 4.39. The molecule has 0 radical (unpaired) electrons. The third-order valence-corrected chi connectivity index (χ3v) is 4.38. The second-order valence-electron chi connectivity index (χ2n) is 6.22.